The maximum atomic E-state index is 12.6. The summed E-state index contributed by atoms with van der Waals surface area (Å²) in [4.78, 5) is 19.3. The highest BCUT2D eigenvalue weighted by Gasteiger charge is 2.23. The lowest BCUT2D eigenvalue weighted by atomic mass is 10.0. The molecule has 3 aromatic rings. The number of amides is 1. The first-order valence-corrected chi connectivity index (χ1v) is 10.8. The van der Waals surface area contributed by atoms with Gasteiger partial charge in [0, 0.05) is 31.2 Å². The molecule has 1 atom stereocenters. The zero-order chi connectivity index (χ0) is 21.6. The molecule has 4 rings (SSSR count). The van der Waals surface area contributed by atoms with Gasteiger partial charge in [-0.3, -0.25) is 14.7 Å². The number of fused-ring (bicyclic) bond motifs is 1. The van der Waals surface area contributed by atoms with Crippen molar-refractivity contribution < 1.29 is 14.3 Å². The third kappa shape index (κ3) is 5.34. The Balaban J connectivity index is 1.40. The van der Waals surface area contributed by atoms with E-state index in [0.717, 1.165) is 18.5 Å². The summed E-state index contributed by atoms with van der Waals surface area (Å²) >= 11 is 6.23. The van der Waals surface area contributed by atoms with E-state index in [9.17, 15) is 4.79 Å². The molecular formula is C24H26ClN3O3. The number of hydrogen-bond acceptors (Lipinski definition) is 5. The Hall–Kier alpha value is -2.67. The second-order valence-corrected chi connectivity index (χ2v) is 8.02. The monoisotopic (exact) mass is 439 g/mol. The van der Waals surface area contributed by atoms with Crippen LogP contribution in [0.2, 0.25) is 5.02 Å². The number of rotatable bonds is 7. The molecule has 6 nitrogen and oxygen atoms in total. The molecule has 1 amide bonds. The Morgan fingerprint density at radius 2 is 1.97 bits per heavy atom. The maximum absolute atomic E-state index is 12.6. The van der Waals surface area contributed by atoms with Crippen LogP contribution in [-0.4, -0.2) is 55.2 Å². The van der Waals surface area contributed by atoms with Gasteiger partial charge in [-0.05, 0) is 36.8 Å². The van der Waals surface area contributed by atoms with Gasteiger partial charge in [-0.15, -0.1) is 0 Å². The van der Waals surface area contributed by atoms with Crippen molar-refractivity contribution in [2.24, 2.45) is 0 Å². The molecule has 0 radical (unpaired) electrons. The molecule has 7 heteroatoms. The van der Waals surface area contributed by atoms with Crippen LogP contribution in [-0.2, 0) is 9.53 Å². The number of aryl methyl sites for hydroxylation is 1. The molecular weight excluding hydrogens is 414 g/mol. The molecule has 2 aromatic carbocycles. The molecule has 0 spiro atoms. The summed E-state index contributed by atoms with van der Waals surface area (Å²) in [6.07, 6.45) is 1.68. The van der Waals surface area contributed by atoms with E-state index >= 15 is 0 Å². The lowest BCUT2D eigenvalue weighted by Crippen LogP contribution is -2.44. The van der Waals surface area contributed by atoms with Crippen molar-refractivity contribution in [1.29, 1.82) is 0 Å². The Bertz CT molecular complexity index is 1040. The number of hydrogen-bond donors (Lipinski definition) is 1. The summed E-state index contributed by atoms with van der Waals surface area (Å²) in [7, 11) is 0. The van der Waals surface area contributed by atoms with Crippen molar-refractivity contribution in [2.45, 2.75) is 13.0 Å². The minimum Gasteiger partial charge on any atom is -0.481 e. The van der Waals surface area contributed by atoms with Crippen molar-refractivity contribution in [3.8, 4) is 5.75 Å². The number of pyridine rings is 1. The summed E-state index contributed by atoms with van der Waals surface area (Å²) < 4.78 is 11.3. The predicted octanol–water partition coefficient (Wildman–Crippen LogP) is 3.77. The van der Waals surface area contributed by atoms with E-state index in [1.165, 1.54) is 11.1 Å². The fourth-order valence-corrected chi connectivity index (χ4v) is 3.98. The average molecular weight is 440 g/mol. The zero-order valence-corrected chi connectivity index (χ0v) is 18.3. The lowest BCUT2D eigenvalue weighted by Gasteiger charge is -2.35. The zero-order valence-electron chi connectivity index (χ0n) is 17.5. The van der Waals surface area contributed by atoms with Crippen molar-refractivity contribution in [1.82, 2.24) is 15.2 Å². The van der Waals surface area contributed by atoms with Crippen molar-refractivity contribution >= 4 is 28.4 Å². The van der Waals surface area contributed by atoms with Crippen LogP contribution in [0, 0.1) is 6.92 Å². The highest BCUT2D eigenvalue weighted by Crippen LogP contribution is 2.29. The third-order valence-electron chi connectivity index (χ3n) is 5.48. The third-order valence-corrected chi connectivity index (χ3v) is 5.81. The summed E-state index contributed by atoms with van der Waals surface area (Å²) in [5.41, 5.74) is 3.04. The number of aromatic nitrogens is 1. The number of carbonyl (C=O) groups excluding carboxylic acids is 1. The van der Waals surface area contributed by atoms with Crippen LogP contribution in [0.1, 0.15) is 17.2 Å². The van der Waals surface area contributed by atoms with Gasteiger partial charge in [0.25, 0.3) is 5.91 Å². The Morgan fingerprint density at radius 1 is 1.19 bits per heavy atom. The standard InChI is InChI=1S/C24H26ClN3O3/c1-17-4-6-18(7-5-17)21(28-11-13-30-14-12-28)15-27-23(29)16-31-22-9-8-20(25)19-3-2-10-26-24(19)22/h2-10,21H,11-16H2,1H3,(H,27,29). The van der Waals surface area contributed by atoms with Gasteiger partial charge in [-0.2, -0.15) is 0 Å². The first-order chi connectivity index (χ1) is 15.1. The smallest absolute Gasteiger partial charge is 0.258 e. The molecule has 0 aliphatic carbocycles. The quantitative estimate of drug-likeness (QED) is 0.607. The first-order valence-electron chi connectivity index (χ1n) is 10.4. The van der Waals surface area contributed by atoms with E-state index < -0.39 is 0 Å². The SMILES string of the molecule is Cc1ccc(C(CNC(=O)COc2ccc(Cl)c3cccnc23)N2CCOCC2)cc1. The highest BCUT2D eigenvalue weighted by molar-refractivity contribution is 6.35. The molecule has 1 aliphatic heterocycles. The van der Waals surface area contributed by atoms with E-state index in [1.807, 2.05) is 12.1 Å². The molecule has 31 heavy (non-hydrogen) atoms. The second kappa shape index (κ2) is 10.1. The molecule has 1 aromatic heterocycles. The number of nitrogens with zero attached hydrogens (tertiary/aromatic N) is 2. The van der Waals surface area contributed by atoms with E-state index in [1.54, 1.807) is 18.3 Å². The van der Waals surface area contributed by atoms with E-state index in [2.05, 4.69) is 46.4 Å². The van der Waals surface area contributed by atoms with Gasteiger partial charge in [-0.1, -0.05) is 41.4 Å². The largest absolute Gasteiger partial charge is 0.481 e. The number of nitrogens with one attached hydrogen (secondary N) is 1. The molecule has 162 valence electrons. The van der Waals surface area contributed by atoms with Crippen molar-refractivity contribution in [3.63, 3.8) is 0 Å². The van der Waals surface area contributed by atoms with Gasteiger partial charge in [0.05, 0.1) is 24.3 Å². The summed E-state index contributed by atoms with van der Waals surface area (Å²) in [5, 5.41) is 4.43. The Kier molecular flexibility index (Phi) is 7.02. The predicted molar refractivity (Wildman–Crippen MR) is 122 cm³/mol. The summed E-state index contributed by atoms with van der Waals surface area (Å²) in [6.45, 7) is 5.58. The number of ether oxygens (including phenoxy) is 2. The molecule has 1 N–H and O–H groups in total. The number of halogens is 1. The van der Waals surface area contributed by atoms with Gasteiger partial charge in [0.2, 0.25) is 0 Å². The van der Waals surface area contributed by atoms with Crippen LogP contribution < -0.4 is 10.1 Å². The topological polar surface area (TPSA) is 63.7 Å². The number of carbonyl (C=O) groups is 1. The van der Waals surface area contributed by atoms with Crippen LogP contribution in [0.5, 0.6) is 5.75 Å². The Labute approximate surface area is 187 Å². The molecule has 0 saturated carbocycles. The number of morpholine rings is 1. The van der Waals surface area contributed by atoms with Gasteiger partial charge >= 0.3 is 0 Å². The molecule has 1 aliphatic rings. The van der Waals surface area contributed by atoms with Crippen molar-refractivity contribution in [3.05, 3.63) is 70.9 Å². The van der Waals surface area contributed by atoms with Gasteiger partial charge < -0.3 is 14.8 Å². The minimum absolute atomic E-state index is 0.0863. The second-order valence-electron chi connectivity index (χ2n) is 7.61. The fraction of sp³-hybridized carbons (Fsp3) is 0.333. The number of benzene rings is 2. The van der Waals surface area contributed by atoms with Crippen LogP contribution >= 0.6 is 11.6 Å². The van der Waals surface area contributed by atoms with Crippen LogP contribution in [0.4, 0.5) is 0 Å². The average Bonchev–Trinajstić information content (AvgIpc) is 2.81. The van der Waals surface area contributed by atoms with Crippen LogP contribution in [0.15, 0.2) is 54.7 Å². The van der Waals surface area contributed by atoms with E-state index in [0.29, 0.717) is 36.0 Å². The van der Waals surface area contributed by atoms with Crippen LogP contribution in [0.25, 0.3) is 10.9 Å². The Morgan fingerprint density at radius 3 is 2.74 bits per heavy atom. The molecule has 1 saturated heterocycles. The molecule has 2 heterocycles. The highest BCUT2D eigenvalue weighted by atomic mass is 35.5. The summed E-state index contributed by atoms with van der Waals surface area (Å²) in [6, 6.07) is 15.8. The molecule has 1 fully saturated rings. The van der Waals surface area contributed by atoms with Gasteiger partial charge in [0.15, 0.2) is 6.61 Å². The van der Waals surface area contributed by atoms with Gasteiger partial charge in [-0.25, -0.2) is 0 Å². The first kappa shape index (κ1) is 21.6. The lowest BCUT2D eigenvalue weighted by molar-refractivity contribution is -0.123. The normalized spacial score (nSPS) is 15.5. The van der Waals surface area contributed by atoms with E-state index in [4.69, 9.17) is 21.1 Å². The molecule has 1 unspecified atom stereocenters. The fourth-order valence-electron chi connectivity index (χ4n) is 3.77. The maximum Gasteiger partial charge on any atom is 0.258 e. The van der Waals surface area contributed by atoms with Crippen molar-refractivity contribution in [2.75, 3.05) is 39.5 Å². The minimum atomic E-state index is -0.176. The van der Waals surface area contributed by atoms with Gasteiger partial charge in [0.1, 0.15) is 11.3 Å². The van der Waals surface area contributed by atoms with Crippen LogP contribution in [0.3, 0.4) is 0 Å². The van der Waals surface area contributed by atoms with E-state index in [-0.39, 0.29) is 18.6 Å². The molecule has 0 bridgehead atoms. The summed E-state index contributed by atoms with van der Waals surface area (Å²) in [5.74, 6) is 0.364.